The number of anilines is 1. The Morgan fingerprint density at radius 3 is 2.17 bits per heavy atom. The van der Waals surface area contributed by atoms with Crippen molar-refractivity contribution >= 4 is 23.6 Å². The van der Waals surface area contributed by atoms with Gasteiger partial charge in [-0.1, -0.05) is 42.5 Å². The highest BCUT2D eigenvalue weighted by Gasteiger charge is 2.23. The topological polar surface area (TPSA) is 93.9 Å². The van der Waals surface area contributed by atoms with Gasteiger partial charge < -0.3 is 19.6 Å². The smallest absolute Gasteiger partial charge is 0.335 e. The lowest BCUT2D eigenvalue weighted by molar-refractivity contribution is -0.126. The second-order valence-corrected chi connectivity index (χ2v) is 8.14. The van der Waals surface area contributed by atoms with Crippen molar-refractivity contribution in [1.82, 2.24) is 4.90 Å². The maximum Gasteiger partial charge on any atom is 0.335 e. The molecule has 7 heteroatoms. The number of para-hydroxylation sites is 1. The average molecular weight is 468 g/mol. The Morgan fingerprint density at radius 1 is 0.914 bits per heavy atom. The molecule has 0 spiro atoms. The van der Waals surface area contributed by atoms with Gasteiger partial charge in [0.25, 0.3) is 5.91 Å². The van der Waals surface area contributed by atoms with E-state index in [-0.39, 0.29) is 17.0 Å². The number of nitriles is 1. The molecule has 1 N–H and O–H groups in total. The van der Waals surface area contributed by atoms with E-state index in [0.717, 1.165) is 29.9 Å². The van der Waals surface area contributed by atoms with Crippen LogP contribution in [0.3, 0.4) is 0 Å². The molecule has 0 radical (unpaired) electrons. The number of carboxylic acid groups (broad SMARTS) is 1. The zero-order valence-corrected chi connectivity index (χ0v) is 19.1. The molecule has 4 rings (SSSR count). The largest absolute Gasteiger partial charge is 0.489 e. The lowest BCUT2D eigenvalue weighted by Gasteiger charge is -2.36. The second kappa shape index (κ2) is 11.0. The van der Waals surface area contributed by atoms with E-state index >= 15 is 0 Å². The number of hydrogen-bond acceptors (Lipinski definition) is 5. The summed E-state index contributed by atoms with van der Waals surface area (Å²) in [6, 6.07) is 25.8. The first-order valence-corrected chi connectivity index (χ1v) is 11.3. The number of piperazine rings is 1. The van der Waals surface area contributed by atoms with Crippen LogP contribution in [0.15, 0.2) is 84.4 Å². The fourth-order valence-electron chi connectivity index (χ4n) is 3.86. The first-order valence-electron chi connectivity index (χ1n) is 11.3. The van der Waals surface area contributed by atoms with Crippen molar-refractivity contribution in [3.05, 3.63) is 101 Å². The van der Waals surface area contributed by atoms with Crippen molar-refractivity contribution in [2.45, 2.75) is 6.61 Å². The number of aromatic carboxylic acids is 1. The summed E-state index contributed by atoms with van der Waals surface area (Å²) in [7, 11) is 0. The zero-order chi connectivity index (χ0) is 24.6. The molecule has 0 bridgehead atoms. The minimum absolute atomic E-state index is 0.102. The SMILES string of the molecule is N#C/C(=C/c1ccc(OCc2ccc(C(=O)O)cc2)cc1)C(=O)N1CCN(c2ccccc2)CC1. The number of hydrogen-bond donors (Lipinski definition) is 1. The van der Waals surface area contributed by atoms with Crippen LogP contribution in [-0.4, -0.2) is 48.1 Å². The van der Waals surface area contributed by atoms with Crippen molar-refractivity contribution < 1.29 is 19.4 Å². The van der Waals surface area contributed by atoms with E-state index in [1.54, 1.807) is 47.4 Å². The Bertz CT molecular complexity index is 1240. The average Bonchev–Trinajstić information content (AvgIpc) is 2.91. The van der Waals surface area contributed by atoms with Crippen molar-refractivity contribution in [2.24, 2.45) is 0 Å². The number of nitrogens with zero attached hydrogens (tertiary/aromatic N) is 3. The third-order valence-electron chi connectivity index (χ3n) is 5.84. The van der Waals surface area contributed by atoms with Gasteiger partial charge in [0.15, 0.2) is 0 Å². The Labute approximate surface area is 204 Å². The molecule has 1 aliphatic heterocycles. The minimum Gasteiger partial charge on any atom is -0.489 e. The fraction of sp³-hybridized carbons (Fsp3) is 0.179. The molecule has 0 unspecified atom stereocenters. The van der Waals surface area contributed by atoms with Gasteiger partial charge in [0, 0.05) is 31.9 Å². The number of carboxylic acids is 1. The van der Waals surface area contributed by atoms with Crippen molar-refractivity contribution in [2.75, 3.05) is 31.1 Å². The Morgan fingerprint density at radius 2 is 1.57 bits per heavy atom. The van der Waals surface area contributed by atoms with Crippen LogP contribution in [0.5, 0.6) is 5.75 Å². The maximum atomic E-state index is 12.9. The molecule has 0 saturated carbocycles. The monoisotopic (exact) mass is 467 g/mol. The molecular formula is C28H25N3O4. The molecule has 1 heterocycles. The third-order valence-corrected chi connectivity index (χ3v) is 5.84. The summed E-state index contributed by atoms with van der Waals surface area (Å²) in [5.74, 6) is -0.595. The first-order chi connectivity index (χ1) is 17.0. The van der Waals surface area contributed by atoms with Crippen LogP contribution in [0, 0.1) is 11.3 Å². The molecule has 1 amide bonds. The van der Waals surface area contributed by atoms with Gasteiger partial charge in [0.2, 0.25) is 0 Å². The Kier molecular flexibility index (Phi) is 7.44. The Hall–Kier alpha value is -4.57. The summed E-state index contributed by atoms with van der Waals surface area (Å²) < 4.78 is 5.75. The number of carbonyl (C=O) groups is 2. The van der Waals surface area contributed by atoms with Gasteiger partial charge in [-0.15, -0.1) is 0 Å². The van der Waals surface area contributed by atoms with Crippen LogP contribution in [0.2, 0.25) is 0 Å². The second-order valence-electron chi connectivity index (χ2n) is 8.14. The van der Waals surface area contributed by atoms with E-state index in [9.17, 15) is 14.9 Å². The summed E-state index contributed by atoms with van der Waals surface area (Å²) in [5, 5.41) is 18.6. The minimum atomic E-state index is -0.967. The first kappa shape index (κ1) is 23.6. The van der Waals surface area contributed by atoms with Crippen LogP contribution >= 0.6 is 0 Å². The number of amides is 1. The van der Waals surface area contributed by atoms with Gasteiger partial charge in [0.05, 0.1) is 5.56 Å². The maximum absolute atomic E-state index is 12.9. The summed E-state index contributed by atoms with van der Waals surface area (Å²) in [4.78, 5) is 27.8. The summed E-state index contributed by atoms with van der Waals surface area (Å²) >= 11 is 0. The summed E-state index contributed by atoms with van der Waals surface area (Å²) in [6.07, 6.45) is 1.60. The quantitative estimate of drug-likeness (QED) is 0.413. The van der Waals surface area contributed by atoms with E-state index in [4.69, 9.17) is 9.84 Å². The van der Waals surface area contributed by atoms with Gasteiger partial charge in [-0.3, -0.25) is 4.79 Å². The molecule has 35 heavy (non-hydrogen) atoms. The highest BCUT2D eigenvalue weighted by molar-refractivity contribution is 6.01. The molecular weight excluding hydrogens is 442 g/mol. The van der Waals surface area contributed by atoms with Crippen molar-refractivity contribution in [3.8, 4) is 11.8 Å². The third kappa shape index (κ3) is 6.06. The van der Waals surface area contributed by atoms with Crippen LogP contribution in [0.4, 0.5) is 5.69 Å². The molecule has 3 aromatic rings. The molecule has 0 atom stereocenters. The lowest BCUT2D eigenvalue weighted by atomic mass is 10.1. The van der Waals surface area contributed by atoms with E-state index in [1.165, 1.54) is 12.1 Å². The number of carbonyl (C=O) groups excluding carboxylic acids is 1. The molecule has 3 aromatic carbocycles. The van der Waals surface area contributed by atoms with Gasteiger partial charge in [-0.2, -0.15) is 5.26 Å². The van der Waals surface area contributed by atoms with Crippen LogP contribution in [0.25, 0.3) is 6.08 Å². The lowest BCUT2D eigenvalue weighted by Crippen LogP contribution is -2.49. The van der Waals surface area contributed by atoms with Gasteiger partial charge >= 0.3 is 5.97 Å². The van der Waals surface area contributed by atoms with Gasteiger partial charge in [-0.25, -0.2) is 4.79 Å². The van der Waals surface area contributed by atoms with Gasteiger partial charge in [0.1, 0.15) is 24.0 Å². The van der Waals surface area contributed by atoms with E-state index in [2.05, 4.69) is 17.0 Å². The van der Waals surface area contributed by atoms with E-state index < -0.39 is 5.97 Å². The normalized spacial score (nSPS) is 13.7. The van der Waals surface area contributed by atoms with Crippen molar-refractivity contribution in [1.29, 1.82) is 5.26 Å². The molecule has 1 fully saturated rings. The van der Waals surface area contributed by atoms with E-state index in [0.29, 0.717) is 25.4 Å². The van der Waals surface area contributed by atoms with E-state index in [1.807, 2.05) is 24.3 Å². The number of rotatable bonds is 7. The zero-order valence-electron chi connectivity index (χ0n) is 19.1. The van der Waals surface area contributed by atoms with Crippen LogP contribution < -0.4 is 9.64 Å². The highest BCUT2D eigenvalue weighted by Crippen LogP contribution is 2.19. The predicted octanol–water partition coefficient (Wildman–Crippen LogP) is 4.22. The van der Waals surface area contributed by atoms with Crippen molar-refractivity contribution in [3.63, 3.8) is 0 Å². The summed E-state index contributed by atoms with van der Waals surface area (Å²) in [6.45, 7) is 2.87. The Balaban J connectivity index is 1.33. The molecule has 0 aromatic heterocycles. The predicted molar refractivity (Wildman–Crippen MR) is 133 cm³/mol. The molecule has 176 valence electrons. The standard InChI is InChI=1S/C28H25N3O4/c29-19-24(27(32)31-16-14-30(15-17-31)25-4-2-1-3-5-25)18-21-8-12-26(13-9-21)35-20-22-6-10-23(11-7-22)28(33)34/h1-13,18H,14-17,20H2,(H,33,34)/b24-18-. The number of benzene rings is 3. The summed E-state index contributed by atoms with van der Waals surface area (Å²) in [5.41, 5.74) is 3.05. The van der Waals surface area contributed by atoms with Gasteiger partial charge in [-0.05, 0) is 53.6 Å². The molecule has 1 saturated heterocycles. The molecule has 1 aliphatic rings. The fourth-order valence-corrected chi connectivity index (χ4v) is 3.86. The molecule has 0 aliphatic carbocycles. The highest BCUT2D eigenvalue weighted by atomic mass is 16.5. The molecule has 7 nitrogen and oxygen atoms in total. The van der Waals surface area contributed by atoms with Crippen LogP contribution in [0.1, 0.15) is 21.5 Å². The number of ether oxygens (including phenoxy) is 1. The van der Waals surface area contributed by atoms with Crippen LogP contribution in [-0.2, 0) is 11.4 Å².